The Hall–Kier alpha value is -2.81. The van der Waals surface area contributed by atoms with Crippen LogP contribution in [0.1, 0.15) is 40.7 Å². The van der Waals surface area contributed by atoms with Gasteiger partial charge >= 0.3 is 0 Å². The highest BCUT2D eigenvalue weighted by Crippen LogP contribution is 2.38. The maximum Gasteiger partial charge on any atom is 0.123 e. The first-order valence-corrected chi connectivity index (χ1v) is 10.8. The topological polar surface area (TPSA) is 12.5 Å². The molecule has 1 aliphatic heterocycles. The van der Waals surface area contributed by atoms with Gasteiger partial charge in [0.15, 0.2) is 0 Å². The van der Waals surface area contributed by atoms with Gasteiger partial charge in [0.2, 0.25) is 0 Å². The minimum Gasteiger partial charge on any atom is -0.496 e. The van der Waals surface area contributed by atoms with Crippen LogP contribution in [0, 0.1) is 0 Å². The van der Waals surface area contributed by atoms with E-state index in [2.05, 4.69) is 83.8 Å². The van der Waals surface area contributed by atoms with Crippen LogP contribution in [0.15, 0.2) is 78.4 Å². The van der Waals surface area contributed by atoms with E-state index in [-0.39, 0.29) is 12.4 Å². The molecular weight excluding hydrogens is 402 g/mol. The second kappa shape index (κ2) is 9.55. The van der Waals surface area contributed by atoms with Crippen molar-refractivity contribution >= 4 is 30.1 Å². The molecular formula is C28H28ClNO. The van der Waals surface area contributed by atoms with Gasteiger partial charge in [0.1, 0.15) is 5.75 Å². The second-order valence-corrected chi connectivity index (χ2v) is 8.07. The van der Waals surface area contributed by atoms with Crippen molar-refractivity contribution in [3.05, 3.63) is 106 Å². The summed E-state index contributed by atoms with van der Waals surface area (Å²) in [5, 5.41) is 0. The summed E-state index contributed by atoms with van der Waals surface area (Å²) in [5.74, 6) is 0.986. The van der Waals surface area contributed by atoms with E-state index in [4.69, 9.17) is 4.74 Å². The average Bonchev–Trinajstić information content (AvgIpc) is 2.97. The Morgan fingerprint density at radius 3 is 1.90 bits per heavy atom. The summed E-state index contributed by atoms with van der Waals surface area (Å²) in [6.45, 7) is 3.10. The molecule has 3 aromatic rings. The molecule has 31 heavy (non-hydrogen) atoms. The van der Waals surface area contributed by atoms with E-state index in [0.717, 1.165) is 38.2 Å². The Bertz CT molecular complexity index is 1070. The zero-order chi connectivity index (χ0) is 20.3. The zero-order valence-corrected chi connectivity index (χ0v) is 18.7. The smallest absolute Gasteiger partial charge is 0.123 e. The maximum absolute atomic E-state index is 5.55. The molecule has 0 atom stereocenters. The predicted octanol–water partition coefficient (Wildman–Crippen LogP) is 6.70. The van der Waals surface area contributed by atoms with Gasteiger partial charge in [0.05, 0.1) is 7.11 Å². The van der Waals surface area contributed by atoms with Crippen LogP contribution in [-0.2, 0) is 6.54 Å². The van der Waals surface area contributed by atoms with Crippen molar-refractivity contribution in [2.24, 2.45) is 0 Å². The number of piperidine rings is 1. The van der Waals surface area contributed by atoms with Crippen LogP contribution in [0.5, 0.6) is 5.75 Å². The van der Waals surface area contributed by atoms with Crippen molar-refractivity contribution < 1.29 is 4.74 Å². The highest BCUT2D eigenvalue weighted by Gasteiger charge is 2.22. The number of methoxy groups -OCH3 is 1. The molecule has 0 N–H and O–H groups in total. The quantitative estimate of drug-likeness (QED) is 0.359. The van der Waals surface area contributed by atoms with Gasteiger partial charge < -0.3 is 4.74 Å². The van der Waals surface area contributed by atoms with Gasteiger partial charge in [-0.25, -0.2) is 0 Å². The number of nitrogens with zero attached hydrogens (tertiary/aromatic N) is 1. The summed E-state index contributed by atoms with van der Waals surface area (Å²) in [5.41, 5.74) is 9.66. The third kappa shape index (κ3) is 4.32. The number of hydrogen-bond acceptors (Lipinski definition) is 2. The normalized spacial score (nSPS) is 15.5. The van der Waals surface area contributed by atoms with Crippen molar-refractivity contribution in [2.75, 3.05) is 20.2 Å². The number of para-hydroxylation sites is 1. The molecule has 0 aromatic heterocycles. The molecule has 1 fully saturated rings. The number of benzene rings is 3. The Labute approximate surface area is 191 Å². The Kier molecular flexibility index (Phi) is 6.60. The Morgan fingerprint density at radius 1 is 0.742 bits per heavy atom. The van der Waals surface area contributed by atoms with Crippen LogP contribution in [0.3, 0.4) is 0 Å². The lowest BCUT2D eigenvalue weighted by Gasteiger charge is -2.31. The van der Waals surface area contributed by atoms with Gasteiger partial charge in [-0.2, -0.15) is 0 Å². The molecule has 158 valence electrons. The van der Waals surface area contributed by atoms with Gasteiger partial charge in [0, 0.05) is 25.2 Å². The number of rotatable bonds is 3. The summed E-state index contributed by atoms with van der Waals surface area (Å²) in [6, 6.07) is 26.0. The van der Waals surface area contributed by atoms with Gasteiger partial charge in [-0.1, -0.05) is 84.5 Å². The molecule has 0 amide bonds. The van der Waals surface area contributed by atoms with Crippen molar-refractivity contribution in [3.8, 4) is 5.75 Å². The molecule has 0 radical (unpaired) electrons. The van der Waals surface area contributed by atoms with Crippen LogP contribution < -0.4 is 4.74 Å². The third-order valence-electron chi connectivity index (χ3n) is 6.30. The fourth-order valence-electron chi connectivity index (χ4n) is 4.75. The second-order valence-electron chi connectivity index (χ2n) is 8.07. The summed E-state index contributed by atoms with van der Waals surface area (Å²) in [6.07, 6.45) is 6.73. The Balaban J connectivity index is 0.00000231. The maximum atomic E-state index is 5.55. The lowest BCUT2D eigenvalue weighted by molar-refractivity contribution is 0.245. The molecule has 1 heterocycles. The number of likely N-dealkylation sites (tertiary alicyclic amines) is 1. The van der Waals surface area contributed by atoms with Crippen molar-refractivity contribution in [1.82, 2.24) is 4.90 Å². The van der Waals surface area contributed by atoms with Gasteiger partial charge in [0.25, 0.3) is 0 Å². The first kappa shape index (κ1) is 21.4. The summed E-state index contributed by atoms with van der Waals surface area (Å²) < 4.78 is 5.55. The van der Waals surface area contributed by atoms with Gasteiger partial charge in [-0.05, 0) is 46.7 Å². The molecule has 0 unspecified atom stereocenters. The first-order valence-electron chi connectivity index (χ1n) is 10.8. The average molecular weight is 430 g/mol. The van der Waals surface area contributed by atoms with Crippen LogP contribution in [-0.4, -0.2) is 25.1 Å². The predicted molar refractivity (Wildman–Crippen MR) is 133 cm³/mol. The van der Waals surface area contributed by atoms with E-state index in [1.165, 1.54) is 33.4 Å². The van der Waals surface area contributed by atoms with Crippen molar-refractivity contribution in [3.63, 3.8) is 0 Å². The van der Waals surface area contributed by atoms with Gasteiger partial charge in [-0.15, -0.1) is 12.4 Å². The summed E-state index contributed by atoms with van der Waals surface area (Å²) in [7, 11) is 1.76. The van der Waals surface area contributed by atoms with Crippen molar-refractivity contribution in [2.45, 2.75) is 19.4 Å². The fourth-order valence-corrected chi connectivity index (χ4v) is 4.75. The number of halogens is 1. The molecule has 0 spiro atoms. The lowest BCUT2D eigenvalue weighted by Crippen LogP contribution is -2.30. The minimum atomic E-state index is 0. The largest absolute Gasteiger partial charge is 0.496 e. The highest BCUT2D eigenvalue weighted by molar-refractivity contribution is 5.94. The van der Waals surface area contributed by atoms with E-state index < -0.39 is 0 Å². The van der Waals surface area contributed by atoms with E-state index in [9.17, 15) is 0 Å². The third-order valence-corrected chi connectivity index (χ3v) is 6.30. The van der Waals surface area contributed by atoms with E-state index in [0.29, 0.717) is 0 Å². The molecule has 0 saturated carbocycles. The van der Waals surface area contributed by atoms with E-state index in [1.807, 2.05) is 6.07 Å². The molecule has 5 rings (SSSR count). The Morgan fingerprint density at radius 2 is 1.29 bits per heavy atom. The minimum absolute atomic E-state index is 0. The standard InChI is InChI=1S/C28H27NO.ClH/c1-30-27-13-7-4-10-24(27)20-29-18-16-23(17-19-29)28-25-11-5-2-8-21(25)14-15-22-9-3-6-12-26(22)28;/h2-15H,16-20H2,1H3;1H. The molecule has 2 aliphatic rings. The van der Waals surface area contributed by atoms with Crippen LogP contribution in [0.2, 0.25) is 0 Å². The van der Waals surface area contributed by atoms with Crippen LogP contribution >= 0.6 is 12.4 Å². The molecule has 3 aromatic carbocycles. The van der Waals surface area contributed by atoms with Crippen LogP contribution in [0.25, 0.3) is 17.7 Å². The monoisotopic (exact) mass is 429 g/mol. The number of ether oxygens (including phenoxy) is 1. The van der Waals surface area contributed by atoms with Gasteiger partial charge in [-0.3, -0.25) is 4.90 Å². The highest BCUT2D eigenvalue weighted by atomic mass is 35.5. The SMILES string of the molecule is COc1ccccc1CN1CCC(=C2c3ccccc3C=Cc3ccccc32)CC1.Cl. The zero-order valence-electron chi connectivity index (χ0n) is 17.9. The van der Waals surface area contributed by atoms with Crippen molar-refractivity contribution in [1.29, 1.82) is 0 Å². The molecule has 2 nitrogen and oxygen atoms in total. The molecule has 1 saturated heterocycles. The van der Waals surface area contributed by atoms with E-state index >= 15 is 0 Å². The number of hydrogen-bond donors (Lipinski definition) is 0. The molecule has 1 aliphatic carbocycles. The van der Waals surface area contributed by atoms with E-state index in [1.54, 1.807) is 12.7 Å². The lowest BCUT2D eigenvalue weighted by atomic mass is 9.86. The summed E-state index contributed by atoms with van der Waals surface area (Å²) >= 11 is 0. The fraction of sp³-hybridized carbons (Fsp3) is 0.214. The molecule has 0 bridgehead atoms. The summed E-state index contributed by atoms with van der Waals surface area (Å²) in [4.78, 5) is 2.55. The van der Waals surface area contributed by atoms with Crippen LogP contribution in [0.4, 0.5) is 0 Å². The first-order chi connectivity index (χ1) is 14.8. The number of fused-ring (bicyclic) bond motifs is 2. The molecule has 3 heteroatoms.